The number of pyridine rings is 1. The van der Waals surface area contributed by atoms with Gasteiger partial charge in [-0.3, -0.25) is 0 Å². The molecule has 1 unspecified atom stereocenters. The first-order chi connectivity index (χ1) is 9.08. The average Bonchev–Trinajstić information content (AvgIpc) is 2.40. The average molecular weight is 265 g/mol. The molecule has 4 heteroatoms. The van der Waals surface area contributed by atoms with E-state index in [0.717, 1.165) is 25.2 Å². The van der Waals surface area contributed by atoms with E-state index in [1.54, 1.807) is 7.11 Å². The Balaban J connectivity index is 2.71. The number of anilines is 1. The third kappa shape index (κ3) is 5.17. The number of hydrogen-bond acceptors (Lipinski definition) is 4. The van der Waals surface area contributed by atoms with Crippen molar-refractivity contribution in [3.05, 3.63) is 23.9 Å². The highest BCUT2D eigenvalue weighted by Gasteiger charge is 2.11. The molecule has 1 aromatic rings. The molecule has 1 aromatic heterocycles. The molecule has 0 aliphatic heterocycles. The summed E-state index contributed by atoms with van der Waals surface area (Å²) in [5.74, 6) is 1.00. The predicted molar refractivity (Wildman–Crippen MR) is 80.6 cm³/mol. The lowest BCUT2D eigenvalue weighted by Crippen LogP contribution is -2.34. The molecule has 0 amide bonds. The van der Waals surface area contributed by atoms with Crippen LogP contribution in [-0.2, 0) is 11.2 Å². The van der Waals surface area contributed by atoms with Gasteiger partial charge in [-0.1, -0.05) is 13.0 Å². The maximum absolute atomic E-state index is 5.96. The van der Waals surface area contributed by atoms with Crippen molar-refractivity contribution in [2.24, 2.45) is 5.73 Å². The number of rotatable bonds is 8. The van der Waals surface area contributed by atoms with Crippen LogP contribution in [0.3, 0.4) is 0 Å². The summed E-state index contributed by atoms with van der Waals surface area (Å²) < 4.78 is 5.15. The van der Waals surface area contributed by atoms with Crippen LogP contribution in [0.4, 0.5) is 5.82 Å². The van der Waals surface area contributed by atoms with E-state index < -0.39 is 0 Å². The standard InChI is InChI=1S/C15H27N3O/c1-5-14(16)10-13-6-7-15(17-11-13)18(12(2)3)8-9-19-4/h6-7,11-12,14H,5,8-10,16H2,1-4H3. The molecule has 0 aliphatic carbocycles. The van der Waals surface area contributed by atoms with Gasteiger partial charge in [0.1, 0.15) is 5.82 Å². The van der Waals surface area contributed by atoms with Gasteiger partial charge in [0, 0.05) is 31.9 Å². The quantitative estimate of drug-likeness (QED) is 0.783. The van der Waals surface area contributed by atoms with Gasteiger partial charge < -0.3 is 15.4 Å². The Morgan fingerprint density at radius 1 is 1.37 bits per heavy atom. The number of nitrogens with zero attached hydrogens (tertiary/aromatic N) is 2. The third-order valence-corrected chi connectivity index (χ3v) is 3.29. The van der Waals surface area contributed by atoms with E-state index in [4.69, 9.17) is 10.5 Å². The second kappa shape index (κ2) is 8.12. The van der Waals surface area contributed by atoms with Crippen molar-refractivity contribution in [2.75, 3.05) is 25.2 Å². The zero-order valence-corrected chi connectivity index (χ0v) is 12.6. The number of hydrogen-bond donors (Lipinski definition) is 1. The van der Waals surface area contributed by atoms with Crippen LogP contribution < -0.4 is 10.6 Å². The van der Waals surface area contributed by atoms with Gasteiger partial charge in [0.05, 0.1) is 6.61 Å². The lowest BCUT2D eigenvalue weighted by Gasteiger charge is -2.27. The van der Waals surface area contributed by atoms with Crippen LogP contribution in [0.25, 0.3) is 0 Å². The Hall–Kier alpha value is -1.13. The molecule has 0 aromatic carbocycles. The molecule has 108 valence electrons. The third-order valence-electron chi connectivity index (χ3n) is 3.29. The van der Waals surface area contributed by atoms with Gasteiger partial charge in [-0.05, 0) is 38.3 Å². The normalized spacial score (nSPS) is 12.7. The van der Waals surface area contributed by atoms with Gasteiger partial charge in [-0.15, -0.1) is 0 Å². The Kier molecular flexibility index (Phi) is 6.81. The van der Waals surface area contributed by atoms with Gasteiger partial charge in [-0.25, -0.2) is 4.98 Å². The molecule has 1 heterocycles. The van der Waals surface area contributed by atoms with Crippen molar-refractivity contribution < 1.29 is 4.74 Å². The van der Waals surface area contributed by atoms with E-state index in [1.165, 1.54) is 5.56 Å². The van der Waals surface area contributed by atoms with E-state index >= 15 is 0 Å². The van der Waals surface area contributed by atoms with Crippen LogP contribution in [0.15, 0.2) is 18.3 Å². The summed E-state index contributed by atoms with van der Waals surface area (Å²) in [5.41, 5.74) is 7.16. The number of ether oxygens (including phenoxy) is 1. The summed E-state index contributed by atoms with van der Waals surface area (Å²) >= 11 is 0. The van der Waals surface area contributed by atoms with Crippen LogP contribution in [-0.4, -0.2) is 37.3 Å². The Bertz CT molecular complexity index is 351. The number of methoxy groups -OCH3 is 1. The smallest absolute Gasteiger partial charge is 0.128 e. The molecule has 0 fully saturated rings. The highest BCUT2D eigenvalue weighted by molar-refractivity contribution is 5.40. The molecule has 1 rings (SSSR count). The largest absolute Gasteiger partial charge is 0.383 e. The second-order valence-corrected chi connectivity index (χ2v) is 5.18. The Labute approximate surface area is 117 Å². The minimum atomic E-state index is 0.224. The summed E-state index contributed by atoms with van der Waals surface area (Å²) in [6.07, 6.45) is 3.82. The first-order valence-electron chi connectivity index (χ1n) is 7.04. The molecule has 0 saturated carbocycles. The van der Waals surface area contributed by atoms with Crippen LogP contribution in [0.1, 0.15) is 32.8 Å². The van der Waals surface area contributed by atoms with Crippen LogP contribution in [0.5, 0.6) is 0 Å². The fourth-order valence-electron chi connectivity index (χ4n) is 1.98. The van der Waals surface area contributed by atoms with Gasteiger partial charge >= 0.3 is 0 Å². The van der Waals surface area contributed by atoms with Crippen LogP contribution in [0, 0.1) is 0 Å². The van der Waals surface area contributed by atoms with Gasteiger partial charge in [0.15, 0.2) is 0 Å². The predicted octanol–water partition coefficient (Wildman–Crippen LogP) is 2.22. The summed E-state index contributed by atoms with van der Waals surface area (Å²) in [6, 6.07) is 4.83. The molecule has 0 aliphatic rings. The maximum atomic E-state index is 5.96. The molecule has 0 spiro atoms. The summed E-state index contributed by atoms with van der Waals surface area (Å²) in [6.45, 7) is 8.01. The number of aromatic nitrogens is 1. The maximum Gasteiger partial charge on any atom is 0.128 e. The monoisotopic (exact) mass is 265 g/mol. The highest BCUT2D eigenvalue weighted by Crippen LogP contribution is 2.15. The summed E-state index contributed by atoms with van der Waals surface area (Å²) in [5, 5.41) is 0. The SMILES string of the molecule is CCC(N)Cc1ccc(N(CCOC)C(C)C)nc1. The fraction of sp³-hybridized carbons (Fsp3) is 0.667. The topological polar surface area (TPSA) is 51.4 Å². The molecule has 0 bridgehead atoms. The Morgan fingerprint density at radius 3 is 2.58 bits per heavy atom. The van der Waals surface area contributed by atoms with Crippen molar-refractivity contribution in [3.63, 3.8) is 0 Å². The van der Waals surface area contributed by atoms with Crippen molar-refractivity contribution in [1.29, 1.82) is 0 Å². The molecule has 4 nitrogen and oxygen atoms in total. The Morgan fingerprint density at radius 2 is 2.11 bits per heavy atom. The van der Waals surface area contributed by atoms with E-state index in [-0.39, 0.29) is 6.04 Å². The first-order valence-corrected chi connectivity index (χ1v) is 7.04. The lowest BCUT2D eigenvalue weighted by atomic mass is 10.1. The van der Waals surface area contributed by atoms with E-state index in [0.29, 0.717) is 12.6 Å². The summed E-state index contributed by atoms with van der Waals surface area (Å²) in [7, 11) is 1.72. The zero-order valence-electron chi connectivity index (χ0n) is 12.6. The minimum Gasteiger partial charge on any atom is -0.383 e. The van der Waals surface area contributed by atoms with Crippen LogP contribution >= 0.6 is 0 Å². The molecule has 0 radical (unpaired) electrons. The molecule has 2 N–H and O–H groups in total. The van der Waals surface area contributed by atoms with E-state index in [9.17, 15) is 0 Å². The van der Waals surface area contributed by atoms with Gasteiger partial charge in [-0.2, -0.15) is 0 Å². The van der Waals surface area contributed by atoms with Crippen molar-refractivity contribution >= 4 is 5.82 Å². The molecule has 19 heavy (non-hydrogen) atoms. The highest BCUT2D eigenvalue weighted by atomic mass is 16.5. The minimum absolute atomic E-state index is 0.224. The van der Waals surface area contributed by atoms with Gasteiger partial charge in [0.25, 0.3) is 0 Å². The molecule has 1 atom stereocenters. The fourth-order valence-corrected chi connectivity index (χ4v) is 1.98. The van der Waals surface area contributed by atoms with Gasteiger partial charge in [0.2, 0.25) is 0 Å². The van der Waals surface area contributed by atoms with Crippen LogP contribution in [0.2, 0.25) is 0 Å². The van der Waals surface area contributed by atoms with Crippen molar-refractivity contribution in [1.82, 2.24) is 4.98 Å². The summed E-state index contributed by atoms with van der Waals surface area (Å²) in [4.78, 5) is 6.80. The molecular formula is C15H27N3O. The lowest BCUT2D eigenvalue weighted by molar-refractivity contribution is 0.203. The zero-order chi connectivity index (χ0) is 14.3. The van der Waals surface area contributed by atoms with Crippen molar-refractivity contribution in [3.8, 4) is 0 Å². The molecule has 0 saturated heterocycles. The molecular weight excluding hydrogens is 238 g/mol. The van der Waals surface area contributed by atoms with Crippen molar-refractivity contribution in [2.45, 2.75) is 45.7 Å². The second-order valence-electron chi connectivity index (χ2n) is 5.18. The van der Waals surface area contributed by atoms with E-state index in [1.807, 2.05) is 6.20 Å². The van der Waals surface area contributed by atoms with E-state index in [2.05, 4.69) is 42.8 Å². The number of nitrogens with two attached hydrogens (primary N) is 1. The first kappa shape index (κ1) is 15.9.